The zero-order valence-corrected chi connectivity index (χ0v) is 17.9. The van der Waals surface area contributed by atoms with Crippen molar-refractivity contribution in [3.63, 3.8) is 0 Å². The van der Waals surface area contributed by atoms with E-state index in [0.29, 0.717) is 6.54 Å². The van der Waals surface area contributed by atoms with Gasteiger partial charge >= 0.3 is 0 Å². The first-order valence-corrected chi connectivity index (χ1v) is 11.1. The topological polar surface area (TPSA) is 55.7 Å². The molecule has 2 aromatic carbocycles. The predicted octanol–water partition coefficient (Wildman–Crippen LogP) is 4.64. The highest BCUT2D eigenvalue weighted by atomic mass is 16.3. The summed E-state index contributed by atoms with van der Waals surface area (Å²) in [6, 6.07) is 18.6. The molecule has 0 spiro atoms. The average molecular weight is 399 g/mol. The van der Waals surface area contributed by atoms with Gasteiger partial charge in [-0.3, -0.25) is 0 Å². The molecule has 0 aliphatic rings. The van der Waals surface area contributed by atoms with Gasteiger partial charge in [0.05, 0.1) is 6.10 Å². The number of anilines is 1. The molecule has 3 N–H and O–H groups in total. The second-order valence-corrected chi connectivity index (χ2v) is 7.74. The number of nitrogens with zero attached hydrogens (tertiary/aromatic N) is 1. The van der Waals surface area contributed by atoms with E-state index in [1.165, 1.54) is 24.8 Å². The van der Waals surface area contributed by atoms with Gasteiger partial charge in [-0.1, -0.05) is 62.2 Å². The van der Waals surface area contributed by atoms with Crippen LogP contribution in [0.5, 0.6) is 0 Å². The van der Waals surface area contributed by atoms with Crippen molar-refractivity contribution in [2.75, 3.05) is 38.1 Å². The highest BCUT2D eigenvalue weighted by Crippen LogP contribution is 2.16. The summed E-state index contributed by atoms with van der Waals surface area (Å²) in [6.07, 6.45) is 5.98. The summed E-state index contributed by atoms with van der Waals surface area (Å²) < 4.78 is 0. The molecule has 0 heterocycles. The quantitative estimate of drug-likeness (QED) is 0.383. The SMILES string of the molecule is CCCCCN(CCc1ccc(NCCCCO)cc1)C[C@H](O)c1ccccc1. The maximum Gasteiger partial charge on any atom is 0.0916 e. The lowest BCUT2D eigenvalue weighted by atomic mass is 10.1. The van der Waals surface area contributed by atoms with Crippen LogP contribution in [-0.4, -0.2) is 47.9 Å². The third-order valence-electron chi connectivity index (χ3n) is 5.28. The minimum absolute atomic E-state index is 0.258. The van der Waals surface area contributed by atoms with Crippen LogP contribution in [0.4, 0.5) is 5.69 Å². The Bertz CT molecular complexity index is 646. The van der Waals surface area contributed by atoms with Gasteiger partial charge in [0.2, 0.25) is 0 Å². The fourth-order valence-corrected chi connectivity index (χ4v) is 3.45. The van der Waals surface area contributed by atoms with Crippen molar-refractivity contribution in [2.45, 2.75) is 51.6 Å². The molecule has 0 amide bonds. The molecule has 0 radical (unpaired) electrons. The molecule has 4 heteroatoms. The maximum absolute atomic E-state index is 10.6. The lowest BCUT2D eigenvalue weighted by molar-refractivity contribution is 0.112. The molecule has 2 rings (SSSR count). The Balaban J connectivity index is 1.84. The van der Waals surface area contributed by atoms with Crippen molar-refractivity contribution in [3.8, 4) is 0 Å². The number of rotatable bonds is 15. The Morgan fingerprint density at radius 3 is 2.34 bits per heavy atom. The number of aliphatic hydroxyl groups is 2. The number of nitrogens with one attached hydrogen (secondary N) is 1. The van der Waals surface area contributed by atoms with E-state index in [2.05, 4.69) is 41.4 Å². The van der Waals surface area contributed by atoms with Gasteiger partial charge in [0.1, 0.15) is 0 Å². The van der Waals surface area contributed by atoms with Gasteiger partial charge in [-0.05, 0) is 55.5 Å². The third-order valence-corrected chi connectivity index (χ3v) is 5.28. The van der Waals surface area contributed by atoms with Gasteiger partial charge in [0.25, 0.3) is 0 Å². The van der Waals surface area contributed by atoms with E-state index in [4.69, 9.17) is 5.11 Å². The first-order valence-electron chi connectivity index (χ1n) is 11.1. The number of unbranched alkanes of at least 4 members (excludes halogenated alkanes) is 3. The summed E-state index contributed by atoms with van der Waals surface area (Å²) in [4.78, 5) is 2.40. The Labute approximate surface area is 176 Å². The van der Waals surface area contributed by atoms with E-state index in [-0.39, 0.29) is 6.61 Å². The molecular weight excluding hydrogens is 360 g/mol. The van der Waals surface area contributed by atoms with Crippen molar-refractivity contribution < 1.29 is 10.2 Å². The molecule has 4 nitrogen and oxygen atoms in total. The van der Waals surface area contributed by atoms with Gasteiger partial charge in [-0.15, -0.1) is 0 Å². The molecule has 0 saturated carbocycles. The summed E-state index contributed by atoms with van der Waals surface area (Å²) in [6.45, 7) is 6.04. The first kappa shape index (κ1) is 23.4. The normalized spacial score (nSPS) is 12.3. The molecule has 0 aliphatic carbocycles. The molecule has 0 aliphatic heterocycles. The van der Waals surface area contributed by atoms with Crippen LogP contribution in [0.25, 0.3) is 0 Å². The third kappa shape index (κ3) is 9.44. The Morgan fingerprint density at radius 1 is 0.897 bits per heavy atom. The highest BCUT2D eigenvalue weighted by molar-refractivity contribution is 5.44. The second-order valence-electron chi connectivity index (χ2n) is 7.74. The van der Waals surface area contributed by atoms with Crippen LogP contribution in [0.15, 0.2) is 54.6 Å². The van der Waals surface area contributed by atoms with Crippen LogP contribution >= 0.6 is 0 Å². The Morgan fingerprint density at radius 2 is 1.66 bits per heavy atom. The molecule has 2 aromatic rings. The van der Waals surface area contributed by atoms with Crippen molar-refractivity contribution in [1.82, 2.24) is 4.90 Å². The van der Waals surface area contributed by atoms with Gasteiger partial charge < -0.3 is 20.4 Å². The summed E-state index contributed by atoms with van der Waals surface area (Å²) in [5.41, 5.74) is 3.44. The number of hydrogen-bond donors (Lipinski definition) is 3. The number of hydrogen-bond acceptors (Lipinski definition) is 4. The average Bonchev–Trinajstić information content (AvgIpc) is 2.76. The lowest BCUT2D eigenvalue weighted by Gasteiger charge is -2.25. The standard InChI is InChI=1S/C25H38N2O2/c1-2-3-8-18-27(21-25(29)23-10-5-4-6-11-23)19-16-22-12-14-24(15-13-22)26-17-7-9-20-28/h4-6,10-15,25-26,28-29H,2-3,7-9,16-21H2,1H3/t25-/m0/s1. The van der Waals surface area contributed by atoms with Crippen molar-refractivity contribution >= 4 is 5.69 Å². The maximum atomic E-state index is 10.6. The van der Waals surface area contributed by atoms with Crippen molar-refractivity contribution in [1.29, 1.82) is 0 Å². The zero-order valence-electron chi connectivity index (χ0n) is 17.9. The molecule has 0 bridgehead atoms. The fraction of sp³-hybridized carbons (Fsp3) is 0.520. The second kappa shape index (κ2) is 14.2. The van der Waals surface area contributed by atoms with Gasteiger partial charge in [-0.2, -0.15) is 0 Å². The molecule has 0 fully saturated rings. The van der Waals surface area contributed by atoms with E-state index < -0.39 is 6.10 Å². The van der Waals surface area contributed by atoms with Gasteiger partial charge in [-0.25, -0.2) is 0 Å². The molecule has 1 atom stereocenters. The van der Waals surface area contributed by atoms with Crippen molar-refractivity contribution in [3.05, 3.63) is 65.7 Å². The smallest absolute Gasteiger partial charge is 0.0916 e. The van der Waals surface area contributed by atoms with Gasteiger partial charge in [0, 0.05) is 31.9 Å². The minimum atomic E-state index is -0.441. The Kier molecular flexibility index (Phi) is 11.4. The monoisotopic (exact) mass is 398 g/mol. The lowest BCUT2D eigenvalue weighted by Crippen LogP contribution is -2.31. The van der Waals surface area contributed by atoms with E-state index >= 15 is 0 Å². The highest BCUT2D eigenvalue weighted by Gasteiger charge is 2.13. The molecule has 0 aromatic heterocycles. The largest absolute Gasteiger partial charge is 0.396 e. The first-order chi connectivity index (χ1) is 14.2. The summed E-state index contributed by atoms with van der Waals surface area (Å²) in [7, 11) is 0. The van der Waals surface area contributed by atoms with E-state index in [1.54, 1.807) is 0 Å². The van der Waals surface area contributed by atoms with Crippen LogP contribution in [0.3, 0.4) is 0 Å². The molecule has 0 saturated heterocycles. The zero-order chi connectivity index (χ0) is 20.7. The van der Waals surface area contributed by atoms with E-state index in [1.807, 2.05) is 30.3 Å². The summed E-state index contributed by atoms with van der Waals surface area (Å²) in [5.74, 6) is 0. The molecule has 160 valence electrons. The Hall–Kier alpha value is -1.88. The summed E-state index contributed by atoms with van der Waals surface area (Å²) in [5, 5.41) is 22.9. The van der Waals surface area contributed by atoms with Gasteiger partial charge in [0.15, 0.2) is 0 Å². The minimum Gasteiger partial charge on any atom is -0.396 e. The number of benzene rings is 2. The van der Waals surface area contributed by atoms with E-state index in [9.17, 15) is 5.11 Å². The van der Waals surface area contributed by atoms with Crippen LogP contribution in [0.1, 0.15) is 56.3 Å². The van der Waals surface area contributed by atoms with Crippen LogP contribution in [0.2, 0.25) is 0 Å². The summed E-state index contributed by atoms with van der Waals surface area (Å²) >= 11 is 0. The van der Waals surface area contributed by atoms with Crippen LogP contribution in [-0.2, 0) is 6.42 Å². The molecule has 29 heavy (non-hydrogen) atoms. The van der Waals surface area contributed by atoms with Crippen LogP contribution in [0, 0.1) is 0 Å². The van der Waals surface area contributed by atoms with Crippen LogP contribution < -0.4 is 5.32 Å². The number of aliphatic hydroxyl groups excluding tert-OH is 2. The van der Waals surface area contributed by atoms with Crippen molar-refractivity contribution in [2.24, 2.45) is 0 Å². The molecular formula is C25H38N2O2. The predicted molar refractivity (Wildman–Crippen MR) is 122 cm³/mol. The fourth-order valence-electron chi connectivity index (χ4n) is 3.45. The molecule has 0 unspecified atom stereocenters. The van der Waals surface area contributed by atoms with E-state index in [0.717, 1.165) is 50.1 Å².